The van der Waals surface area contributed by atoms with Crippen LogP contribution in [-0.4, -0.2) is 34.9 Å². The first-order valence-corrected chi connectivity index (χ1v) is 15.3. The van der Waals surface area contributed by atoms with Crippen molar-refractivity contribution >= 4 is 42.3 Å². The Kier molecular flexibility index (Phi) is 5.84. The highest BCUT2D eigenvalue weighted by molar-refractivity contribution is 6.83. The van der Waals surface area contributed by atoms with Gasteiger partial charge in [0.1, 0.15) is 13.9 Å². The Morgan fingerprint density at radius 1 is 1.24 bits per heavy atom. The first-order valence-electron chi connectivity index (χ1n) is 11.5. The van der Waals surface area contributed by atoms with Crippen molar-refractivity contribution in [2.45, 2.75) is 58.3 Å². The predicted octanol–water partition coefficient (Wildman–Crippen LogP) is 4.93. The number of aromatic nitrogens is 2. The Morgan fingerprint density at radius 3 is 2.68 bits per heavy atom. The van der Waals surface area contributed by atoms with Crippen LogP contribution in [-0.2, 0) is 24.5 Å². The van der Waals surface area contributed by atoms with Crippen LogP contribution in [0.4, 0.5) is 5.82 Å². The molecular weight excluding hydrogens is 464 g/mol. The third-order valence-corrected chi connectivity index (χ3v) is 7.22. The number of fused-ring (bicyclic) bond motifs is 3. The zero-order chi connectivity index (χ0) is 24.0. The monoisotopic (exact) mass is 490 g/mol. The third-order valence-electron chi connectivity index (χ3n) is 6.04. The lowest BCUT2D eigenvalue weighted by Gasteiger charge is -2.23. The highest BCUT2D eigenvalue weighted by atomic mass is 35.5. The molecule has 0 radical (unpaired) electrons. The molecule has 1 aromatic carbocycles. The standard InChI is InChI=1S/C26H27ClN4O2Si/c1-34(2,3)9-8-16-4-5-17(29-12-16)13-31(18-6-7-18)26(32)20-10-19-21-14-33-15-22(21)25(28)30-24(19)11-23(20)27/h4-5,10-12,18H,6-7,13-15H2,1-3H3,(H2,28,30). The number of halogens is 1. The van der Waals surface area contributed by atoms with Crippen molar-refractivity contribution in [3.8, 4) is 11.5 Å². The molecule has 1 aliphatic heterocycles. The SMILES string of the molecule is C[Si](C)(C)C#Cc1ccc(CN(C(=O)c2cc3c4c(c(N)nc3cc2Cl)COC4)C2CC2)nc1. The van der Waals surface area contributed by atoms with Crippen LogP contribution in [0.25, 0.3) is 10.9 Å². The second-order valence-electron chi connectivity index (χ2n) is 10.00. The van der Waals surface area contributed by atoms with Crippen molar-refractivity contribution in [3.63, 3.8) is 0 Å². The van der Waals surface area contributed by atoms with E-state index in [1.165, 1.54) is 0 Å². The summed E-state index contributed by atoms with van der Waals surface area (Å²) in [7, 11) is -1.45. The molecule has 2 N–H and O–H groups in total. The minimum atomic E-state index is -1.45. The number of pyridine rings is 2. The van der Waals surface area contributed by atoms with Gasteiger partial charge in [-0.25, -0.2) is 4.98 Å². The van der Waals surface area contributed by atoms with E-state index in [2.05, 4.69) is 41.1 Å². The molecule has 2 aromatic heterocycles. The summed E-state index contributed by atoms with van der Waals surface area (Å²) in [6.07, 6.45) is 3.76. The van der Waals surface area contributed by atoms with Gasteiger partial charge in [-0.15, -0.1) is 5.54 Å². The molecule has 6 nitrogen and oxygen atoms in total. The molecule has 1 amide bonds. The van der Waals surface area contributed by atoms with Crippen molar-refractivity contribution in [1.29, 1.82) is 0 Å². The molecule has 2 aliphatic rings. The van der Waals surface area contributed by atoms with Crippen molar-refractivity contribution < 1.29 is 9.53 Å². The average Bonchev–Trinajstić information content (AvgIpc) is 3.50. The predicted molar refractivity (Wildman–Crippen MR) is 137 cm³/mol. The number of carbonyl (C=O) groups excluding carboxylic acids is 1. The highest BCUT2D eigenvalue weighted by Crippen LogP contribution is 2.36. The molecule has 1 aliphatic carbocycles. The summed E-state index contributed by atoms with van der Waals surface area (Å²) < 4.78 is 5.59. The van der Waals surface area contributed by atoms with Crippen molar-refractivity contribution in [2.75, 3.05) is 5.73 Å². The van der Waals surface area contributed by atoms with Gasteiger partial charge >= 0.3 is 0 Å². The first-order chi connectivity index (χ1) is 16.2. The number of nitrogen functional groups attached to an aromatic ring is 1. The Labute approximate surface area is 205 Å². The maximum Gasteiger partial charge on any atom is 0.255 e. The number of ether oxygens (including phenoxy) is 1. The van der Waals surface area contributed by atoms with E-state index >= 15 is 0 Å². The van der Waals surface area contributed by atoms with Crippen LogP contribution in [0, 0.1) is 11.5 Å². The van der Waals surface area contributed by atoms with Gasteiger partial charge < -0.3 is 15.4 Å². The first kappa shape index (κ1) is 22.8. The zero-order valence-corrected chi connectivity index (χ0v) is 21.4. The lowest BCUT2D eigenvalue weighted by Crippen LogP contribution is -2.33. The normalized spacial score (nSPS) is 15.1. The molecule has 34 heavy (non-hydrogen) atoms. The average molecular weight is 491 g/mol. The highest BCUT2D eigenvalue weighted by Gasteiger charge is 2.34. The van der Waals surface area contributed by atoms with Gasteiger partial charge in [-0.3, -0.25) is 9.78 Å². The summed E-state index contributed by atoms with van der Waals surface area (Å²) >= 11 is 6.58. The number of nitrogens with zero attached hydrogens (tertiary/aromatic N) is 3. The van der Waals surface area contributed by atoms with Crippen LogP contribution in [0.3, 0.4) is 0 Å². The molecule has 0 unspecified atom stereocenters. The second-order valence-corrected chi connectivity index (χ2v) is 15.2. The number of amides is 1. The minimum Gasteiger partial charge on any atom is -0.383 e. The van der Waals surface area contributed by atoms with Gasteiger partial charge in [-0.05, 0) is 42.7 Å². The third kappa shape index (κ3) is 4.67. The van der Waals surface area contributed by atoms with E-state index in [-0.39, 0.29) is 11.9 Å². The summed E-state index contributed by atoms with van der Waals surface area (Å²) in [5.74, 6) is 3.59. The Balaban J connectivity index is 1.44. The van der Waals surface area contributed by atoms with E-state index in [4.69, 9.17) is 22.1 Å². The quantitative estimate of drug-likeness (QED) is 0.414. The number of carbonyl (C=O) groups is 1. The maximum absolute atomic E-state index is 13.7. The molecule has 174 valence electrons. The van der Waals surface area contributed by atoms with E-state index in [1.807, 2.05) is 23.1 Å². The lowest BCUT2D eigenvalue weighted by atomic mass is 10.0. The molecule has 1 fully saturated rings. The van der Waals surface area contributed by atoms with Crippen molar-refractivity contribution in [3.05, 3.63) is 63.4 Å². The summed E-state index contributed by atoms with van der Waals surface area (Å²) in [5.41, 5.74) is 14.2. The van der Waals surface area contributed by atoms with Crippen LogP contribution in [0.2, 0.25) is 24.7 Å². The Morgan fingerprint density at radius 2 is 2.00 bits per heavy atom. The molecule has 0 spiro atoms. The van der Waals surface area contributed by atoms with Gasteiger partial charge in [0, 0.05) is 28.8 Å². The van der Waals surface area contributed by atoms with E-state index in [0.29, 0.717) is 41.7 Å². The molecule has 3 aromatic rings. The number of rotatable bonds is 4. The van der Waals surface area contributed by atoms with Crippen LogP contribution in [0.1, 0.15) is 45.6 Å². The molecule has 5 rings (SSSR count). The van der Waals surface area contributed by atoms with E-state index < -0.39 is 8.07 Å². The van der Waals surface area contributed by atoms with Crippen LogP contribution < -0.4 is 5.73 Å². The van der Waals surface area contributed by atoms with Gasteiger partial charge in [0.2, 0.25) is 0 Å². The fourth-order valence-electron chi connectivity index (χ4n) is 4.09. The molecule has 1 saturated carbocycles. The molecule has 8 heteroatoms. The molecule has 0 atom stereocenters. The largest absolute Gasteiger partial charge is 0.383 e. The summed E-state index contributed by atoms with van der Waals surface area (Å²) in [4.78, 5) is 24.6. The number of benzene rings is 1. The fourth-order valence-corrected chi connectivity index (χ4v) is 4.85. The fraction of sp³-hybridized carbons (Fsp3) is 0.346. The molecule has 3 heterocycles. The number of hydrogen-bond donors (Lipinski definition) is 1. The van der Waals surface area contributed by atoms with E-state index in [1.54, 1.807) is 12.3 Å². The topological polar surface area (TPSA) is 81.3 Å². The van der Waals surface area contributed by atoms with Crippen LogP contribution >= 0.6 is 11.6 Å². The number of anilines is 1. The zero-order valence-electron chi connectivity index (χ0n) is 19.6. The van der Waals surface area contributed by atoms with E-state index in [9.17, 15) is 4.79 Å². The van der Waals surface area contributed by atoms with Gasteiger partial charge in [0.25, 0.3) is 5.91 Å². The molecule has 0 saturated heterocycles. The number of hydrogen-bond acceptors (Lipinski definition) is 5. The molecule has 0 bridgehead atoms. The lowest BCUT2D eigenvalue weighted by molar-refractivity contribution is 0.0728. The van der Waals surface area contributed by atoms with Crippen LogP contribution in [0.15, 0.2) is 30.5 Å². The maximum atomic E-state index is 13.7. The van der Waals surface area contributed by atoms with Gasteiger partial charge in [0.05, 0.1) is 41.6 Å². The van der Waals surface area contributed by atoms with Gasteiger partial charge in [-0.2, -0.15) is 0 Å². The molecular formula is C26H27ClN4O2Si. The summed E-state index contributed by atoms with van der Waals surface area (Å²) in [6, 6.07) is 7.71. The summed E-state index contributed by atoms with van der Waals surface area (Å²) in [5, 5.41) is 1.24. The van der Waals surface area contributed by atoms with E-state index in [0.717, 1.165) is 40.6 Å². The van der Waals surface area contributed by atoms with Crippen molar-refractivity contribution in [2.24, 2.45) is 0 Å². The smallest absolute Gasteiger partial charge is 0.255 e. The summed E-state index contributed by atoms with van der Waals surface area (Å²) in [6.45, 7) is 7.97. The van der Waals surface area contributed by atoms with Crippen LogP contribution in [0.5, 0.6) is 0 Å². The minimum absolute atomic E-state index is 0.0942. The Hall–Kier alpha value is -2.92. The van der Waals surface area contributed by atoms with Gasteiger partial charge in [-0.1, -0.05) is 37.2 Å². The number of nitrogens with two attached hydrogens (primary N) is 1. The Bertz CT molecular complexity index is 1350. The second kappa shape index (κ2) is 8.70. The van der Waals surface area contributed by atoms with Gasteiger partial charge in [0.15, 0.2) is 0 Å². The van der Waals surface area contributed by atoms with Crippen molar-refractivity contribution in [1.82, 2.24) is 14.9 Å².